The van der Waals surface area contributed by atoms with Gasteiger partial charge in [0.05, 0.1) is 10.4 Å². The number of halogens is 1. The van der Waals surface area contributed by atoms with Gasteiger partial charge in [-0.15, -0.1) is 0 Å². The van der Waals surface area contributed by atoms with Crippen LogP contribution in [0.3, 0.4) is 0 Å². The molecule has 2 unspecified atom stereocenters. The highest BCUT2D eigenvalue weighted by molar-refractivity contribution is 9.09. The van der Waals surface area contributed by atoms with Crippen LogP contribution in [-0.4, -0.2) is 16.4 Å². The van der Waals surface area contributed by atoms with Crippen LogP contribution in [0.15, 0.2) is 29.1 Å². The van der Waals surface area contributed by atoms with Crippen molar-refractivity contribution in [1.82, 2.24) is 0 Å². The van der Waals surface area contributed by atoms with E-state index < -0.39 is 0 Å². The second-order valence-electron chi connectivity index (χ2n) is 5.83. The fourth-order valence-electron chi connectivity index (χ4n) is 2.98. The molecule has 1 aliphatic heterocycles. The van der Waals surface area contributed by atoms with Gasteiger partial charge in [-0.3, -0.25) is 0 Å². The summed E-state index contributed by atoms with van der Waals surface area (Å²) in [5, 5.41) is 0. The maximum atomic E-state index is 11.0. The Kier molecular flexibility index (Phi) is 2.24. The summed E-state index contributed by atoms with van der Waals surface area (Å²) >= 11 is 3.64. The van der Waals surface area contributed by atoms with E-state index in [1.54, 1.807) is 0 Å². The van der Waals surface area contributed by atoms with Crippen LogP contribution >= 0.6 is 15.9 Å². The number of carbonyl (C=O) groups excluding carboxylic acids is 1. The molecule has 90 valence electrons. The summed E-state index contributed by atoms with van der Waals surface area (Å²) < 4.78 is 6.12. The van der Waals surface area contributed by atoms with Crippen LogP contribution in [0.5, 0.6) is 0 Å². The van der Waals surface area contributed by atoms with Gasteiger partial charge in [0.25, 0.3) is 0 Å². The van der Waals surface area contributed by atoms with Gasteiger partial charge >= 0.3 is 0 Å². The Hall–Kier alpha value is -0.790. The van der Waals surface area contributed by atoms with Crippen molar-refractivity contribution in [3.05, 3.63) is 29.1 Å². The predicted molar refractivity (Wildman–Crippen MR) is 69.5 cm³/mol. The first-order valence-corrected chi connectivity index (χ1v) is 6.89. The monoisotopic (exact) mass is 294 g/mol. The number of rotatable bonds is 0. The molecule has 1 heterocycles. The van der Waals surface area contributed by atoms with E-state index in [1.807, 2.05) is 12.0 Å². The Morgan fingerprint density at radius 1 is 1.53 bits per heavy atom. The van der Waals surface area contributed by atoms with Crippen LogP contribution < -0.4 is 0 Å². The van der Waals surface area contributed by atoms with Crippen LogP contribution in [0.25, 0.3) is 0 Å². The van der Waals surface area contributed by atoms with Crippen LogP contribution in [0.4, 0.5) is 0 Å². The maximum absolute atomic E-state index is 11.0. The fraction of sp³-hybridized carbons (Fsp3) is 0.571. The maximum Gasteiger partial charge on any atom is 0.138 e. The van der Waals surface area contributed by atoms with E-state index in [4.69, 9.17) is 4.74 Å². The standard InChI is InChI=1S/C14H15BrO2/c1-13(2)8-14(6-11(14)15)17-12-9(7-16)4-3-5-10(12)13/h3,5,11H,4,6,8H2,1-2H3. The first kappa shape index (κ1) is 11.3. The Morgan fingerprint density at radius 3 is 2.82 bits per heavy atom. The minimum Gasteiger partial charge on any atom is -0.485 e. The van der Waals surface area contributed by atoms with Gasteiger partial charge in [-0.05, 0) is 11.8 Å². The second kappa shape index (κ2) is 3.37. The molecule has 0 bridgehead atoms. The Morgan fingerprint density at radius 2 is 2.24 bits per heavy atom. The zero-order valence-electron chi connectivity index (χ0n) is 10.0. The van der Waals surface area contributed by atoms with Crippen molar-refractivity contribution in [3.63, 3.8) is 0 Å². The molecule has 0 radical (unpaired) electrons. The third kappa shape index (κ3) is 1.56. The van der Waals surface area contributed by atoms with E-state index in [1.165, 1.54) is 0 Å². The second-order valence-corrected chi connectivity index (χ2v) is 6.93. The van der Waals surface area contributed by atoms with Crippen LogP contribution in [0.1, 0.15) is 33.1 Å². The minimum atomic E-state index is -0.0877. The van der Waals surface area contributed by atoms with Gasteiger partial charge in [0, 0.05) is 18.4 Å². The van der Waals surface area contributed by atoms with Gasteiger partial charge < -0.3 is 4.74 Å². The smallest absolute Gasteiger partial charge is 0.138 e. The molecule has 1 fully saturated rings. The molecule has 0 amide bonds. The van der Waals surface area contributed by atoms with Crippen molar-refractivity contribution in [2.24, 2.45) is 5.41 Å². The molecular formula is C14H15BrO2. The third-order valence-electron chi connectivity index (χ3n) is 3.96. The summed E-state index contributed by atoms with van der Waals surface area (Å²) in [6.07, 6.45) is 6.81. The molecule has 0 N–H and O–H groups in total. The van der Waals surface area contributed by atoms with Gasteiger partial charge in [-0.2, -0.15) is 0 Å². The van der Waals surface area contributed by atoms with Gasteiger partial charge in [0.2, 0.25) is 0 Å². The van der Waals surface area contributed by atoms with Gasteiger partial charge in [0.1, 0.15) is 17.3 Å². The summed E-state index contributed by atoms with van der Waals surface area (Å²) in [5.41, 5.74) is 1.80. The van der Waals surface area contributed by atoms with Crippen molar-refractivity contribution in [2.45, 2.75) is 43.5 Å². The largest absolute Gasteiger partial charge is 0.485 e. The first-order valence-electron chi connectivity index (χ1n) is 5.97. The zero-order valence-corrected chi connectivity index (χ0v) is 11.6. The van der Waals surface area contributed by atoms with Crippen molar-refractivity contribution in [1.29, 1.82) is 0 Å². The summed E-state index contributed by atoms with van der Waals surface area (Å²) in [6, 6.07) is 0. The molecule has 1 spiro atoms. The molecule has 0 aromatic heterocycles. The highest BCUT2D eigenvalue weighted by Gasteiger charge is 2.61. The molecule has 17 heavy (non-hydrogen) atoms. The lowest BCUT2D eigenvalue weighted by Gasteiger charge is -2.40. The van der Waals surface area contributed by atoms with E-state index in [0.717, 1.165) is 24.2 Å². The zero-order chi connectivity index (χ0) is 12.3. The molecule has 2 atom stereocenters. The Labute approximate surface area is 110 Å². The van der Waals surface area contributed by atoms with E-state index in [0.29, 0.717) is 16.8 Å². The number of hydrogen-bond donors (Lipinski definition) is 0. The average molecular weight is 295 g/mol. The molecule has 1 saturated carbocycles. The lowest BCUT2D eigenvalue weighted by Crippen LogP contribution is -2.35. The van der Waals surface area contributed by atoms with E-state index in [9.17, 15) is 4.79 Å². The SMILES string of the molecule is CC1(C)CC2(CC2Br)OC2=C1C=CCC2=C=O. The quantitative estimate of drug-likeness (QED) is 0.506. The fourth-order valence-corrected chi connectivity index (χ4v) is 3.78. The molecule has 3 heteroatoms. The van der Waals surface area contributed by atoms with Crippen molar-refractivity contribution >= 4 is 21.9 Å². The summed E-state index contributed by atoms with van der Waals surface area (Å²) in [4.78, 5) is 11.4. The van der Waals surface area contributed by atoms with Crippen LogP contribution in [0, 0.1) is 5.41 Å². The number of allylic oxidation sites excluding steroid dienone is 4. The van der Waals surface area contributed by atoms with Crippen molar-refractivity contribution in [2.75, 3.05) is 0 Å². The molecule has 3 rings (SSSR count). The molecular weight excluding hydrogens is 280 g/mol. The summed E-state index contributed by atoms with van der Waals surface area (Å²) in [7, 11) is 0. The van der Waals surface area contributed by atoms with Crippen LogP contribution in [0.2, 0.25) is 0 Å². The van der Waals surface area contributed by atoms with Crippen molar-refractivity contribution < 1.29 is 9.53 Å². The predicted octanol–water partition coefficient (Wildman–Crippen LogP) is 3.31. The van der Waals surface area contributed by atoms with Gasteiger partial charge in [0.15, 0.2) is 0 Å². The van der Waals surface area contributed by atoms with Crippen LogP contribution in [-0.2, 0) is 9.53 Å². The summed E-state index contributed by atoms with van der Waals surface area (Å²) in [6.45, 7) is 4.45. The minimum absolute atomic E-state index is 0.0646. The first-order chi connectivity index (χ1) is 7.98. The molecule has 2 nitrogen and oxygen atoms in total. The highest BCUT2D eigenvalue weighted by atomic mass is 79.9. The number of alkyl halides is 1. The highest BCUT2D eigenvalue weighted by Crippen LogP contribution is 2.60. The average Bonchev–Trinajstić information content (AvgIpc) is 2.85. The van der Waals surface area contributed by atoms with Gasteiger partial charge in [-0.1, -0.05) is 41.9 Å². The van der Waals surface area contributed by atoms with E-state index in [2.05, 4.69) is 35.9 Å². The molecule has 0 aromatic carbocycles. The molecule has 0 aromatic rings. The third-order valence-corrected chi connectivity index (χ3v) is 5.12. The Bertz CT molecular complexity index is 494. The topological polar surface area (TPSA) is 26.3 Å². The number of ether oxygens (including phenoxy) is 1. The molecule has 3 aliphatic rings. The molecule has 2 aliphatic carbocycles. The lowest BCUT2D eigenvalue weighted by atomic mass is 9.73. The lowest BCUT2D eigenvalue weighted by molar-refractivity contribution is 0.0387. The normalized spacial score (nSPS) is 37.6. The summed E-state index contributed by atoms with van der Waals surface area (Å²) in [5.74, 6) is 2.83. The van der Waals surface area contributed by atoms with Gasteiger partial charge in [-0.25, -0.2) is 4.79 Å². The van der Waals surface area contributed by atoms with E-state index >= 15 is 0 Å². The number of hydrogen-bond acceptors (Lipinski definition) is 2. The Balaban J connectivity index is 2.11. The molecule has 0 saturated heterocycles. The van der Waals surface area contributed by atoms with E-state index in [-0.39, 0.29) is 11.0 Å². The van der Waals surface area contributed by atoms with Crippen molar-refractivity contribution in [3.8, 4) is 0 Å².